The summed E-state index contributed by atoms with van der Waals surface area (Å²) >= 11 is 5.94. The fraction of sp³-hybridized carbons (Fsp3) is 0.583. The van der Waals surface area contributed by atoms with Gasteiger partial charge >= 0.3 is 0 Å². The number of rotatable bonds is 3. The largest absolute Gasteiger partial charge is 0.299 e. The monoisotopic (exact) mass is 301 g/mol. The summed E-state index contributed by atoms with van der Waals surface area (Å²) < 4.78 is 27.5. The lowest BCUT2D eigenvalue weighted by Crippen LogP contribution is -2.42. The molecule has 3 heterocycles. The number of sulfonamides is 1. The Hall–Kier alpha value is -0.690. The van der Waals surface area contributed by atoms with E-state index >= 15 is 0 Å². The van der Waals surface area contributed by atoms with Crippen LogP contribution in [0, 0.1) is 0 Å². The van der Waals surface area contributed by atoms with E-state index in [2.05, 4.69) is 14.6 Å². The average Bonchev–Trinajstić information content (AvgIpc) is 2.94. The van der Waals surface area contributed by atoms with Gasteiger partial charge in [0, 0.05) is 31.0 Å². The maximum Gasteiger partial charge on any atom is 0.243 e. The normalized spacial score (nSPS) is 27.6. The summed E-state index contributed by atoms with van der Waals surface area (Å²) in [5.41, 5.74) is 0. The molecule has 0 amide bonds. The Bertz CT molecular complexity index is 578. The van der Waals surface area contributed by atoms with Gasteiger partial charge in [0.25, 0.3) is 0 Å². The Morgan fingerprint density at radius 3 is 3.00 bits per heavy atom. The molecule has 2 fully saturated rings. The zero-order chi connectivity index (χ0) is 13.5. The van der Waals surface area contributed by atoms with Crippen LogP contribution in [0.5, 0.6) is 0 Å². The van der Waals surface area contributed by atoms with Gasteiger partial charge in [-0.15, -0.1) is 0 Å². The van der Waals surface area contributed by atoms with Crippen LogP contribution >= 0.6 is 11.6 Å². The summed E-state index contributed by atoms with van der Waals surface area (Å²) in [6.07, 6.45) is 5.86. The van der Waals surface area contributed by atoms with E-state index in [9.17, 15) is 8.42 Å². The van der Waals surface area contributed by atoms with Crippen LogP contribution in [-0.2, 0) is 10.0 Å². The van der Waals surface area contributed by atoms with Gasteiger partial charge in [0.1, 0.15) is 4.90 Å². The van der Waals surface area contributed by atoms with Gasteiger partial charge in [0.15, 0.2) is 0 Å². The first kappa shape index (κ1) is 13.3. The van der Waals surface area contributed by atoms with E-state index < -0.39 is 10.0 Å². The van der Waals surface area contributed by atoms with Crippen LogP contribution in [0.15, 0.2) is 23.4 Å². The van der Waals surface area contributed by atoms with Crippen molar-refractivity contribution in [2.24, 2.45) is 0 Å². The van der Waals surface area contributed by atoms with E-state index in [1.807, 2.05) is 0 Å². The number of pyridine rings is 1. The van der Waals surface area contributed by atoms with E-state index in [0.29, 0.717) is 6.04 Å². The van der Waals surface area contributed by atoms with Crippen molar-refractivity contribution < 1.29 is 8.42 Å². The summed E-state index contributed by atoms with van der Waals surface area (Å²) in [5, 5.41) is 0.212. The zero-order valence-electron chi connectivity index (χ0n) is 10.4. The minimum absolute atomic E-state index is 0.0104. The number of aromatic nitrogens is 1. The molecule has 0 bridgehead atoms. The van der Waals surface area contributed by atoms with Crippen molar-refractivity contribution >= 4 is 21.6 Å². The Labute approximate surface area is 118 Å². The van der Waals surface area contributed by atoms with E-state index in [1.165, 1.54) is 18.5 Å². The van der Waals surface area contributed by atoms with Crippen molar-refractivity contribution in [2.75, 3.05) is 13.1 Å². The first-order chi connectivity index (χ1) is 9.08. The van der Waals surface area contributed by atoms with Crippen LogP contribution in [0.25, 0.3) is 0 Å². The van der Waals surface area contributed by atoms with Crippen LogP contribution in [0.1, 0.15) is 19.3 Å². The van der Waals surface area contributed by atoms with Gasteiger partial charge in [-0.05, 0) is 31.9 Å². The highest BCUT2D eigenvalue weighted by Crippen LogP contribution is 2.29. The molecule has 0 spiro atoms. The van der Waals surface area contributed by atoms with Gasteiger partial charge in [-0.2, -0.15) is 0 Å². The lowest BCUT2D eigenvalue weighted by atomic mass is 10.1. The third kappa shape index (κ3) is 2.50. The molecule has 1 aromatic rings. The highest BCUT2D eigenvalue weighted by atomic mass is 35.5. The molecule has 1 N–H and O–H groups in total. The second-order valence-electron chi connectivity index (χ2n) is 5.07. The highest BCUT2D eigenvalue weighted by Gasteiger charge is 2.39. The van der Waals surface area contributed by atoms with Crippen molar-refractivity contribution in [3.63, 3.8) is 0 Å². The number of fused-ring (bicyclic) bond motifs is 1. The first-order valence-corrected chi connectivity index (χ1v) is 8.30. The molecule has 0 radical (unpaired) electrons. The van der Waals surface area contributed by atoms with Crippen LogP contribution < -0.4 is 4.72 Å². The van der Waals surface area contributed by atoms with E-state index in [-0.39, 0.29) is 16.0 Å². The van der Waals surface area contributed by atoms with Gasteiger partial charge < -0.3 is 0 Å². The Morgan fingerprint density at radius 1 is 1.37 bits per heavy atom. The quantitative estimate of drug-likeness (QED) is 0.913. The van der Waals surface area contributed by atoms with Crippen LogP contribution in [-0.4, -0.2) is 43.5 Å². The number of hydrogen-bond acceptors (Lipinski definition) is 4. The molecule has 2 aliphatic heterocycles. The average molecular weight is 302 g/mol. The molecule has 5 nitrogen and oxygen atoms in total. The molecule has 1 aromatic heterocycles. The van der Waals surface area contributed by atoms with Gasteiger partial charge in [-0.1, -0.05) is 11.6 Å². The van der Waals surface area contributed by atoms with Crippen molar-refractivity contribution in [1.82, 2.24) is 14.6 Å². The molecule has 104 valence electrons. The number of halogens is 1. The van der Waals surface area contributed by atoms with Crippen LogP contribution in [0.4, 0.5) is 0 Å². The molecule has 2 unspecified atom stereocenters. The summed E-state index contributed by atoms with van der Waals surface area (Å²) in [7, 11) is -3.58. The fourth-order valence-corrected chi connectivity index (χ4v) is 4.78. The molecule has 2 aliphatic rings. The maximum absolute atomic E-state index is 12.3. The summed E-state index contributed by atoms with van der Waals surface area (Å²) in [6.45, 7) is 2.05. The summed E-state index contributed by atoms with van der Waals surface area (Å²) in [4.78, 5) is 6.26. The minimum Gasteiger partial charge on any atom is -0.299 e. The van der Waals surface area contributed by atoms with E-state index in [1.54, 1.807) is 0 Å². The topological polar surface area (TPSA) is 62.3 Å². The molecule has 0 aliphatic carbocycles. The summed E-state index contributed by atoms with van der Waals surface area (Å²) in [5.74, 6) is 0. The van der Waals surface area contributed by atoms with Gasteiger partial charge in [-0.25, -0.2) is 13.1 Å². The minimum atomic E-state index is -3.58. The van der Waals surface area contributed by atoms with Gasteiger partial charge in [0.2, 0.25) is 10.0 Å². The van der Waals surface area contributed by atoms with Crippen LogP contribution in [0.2, 0.25) is 5.02 Å². The molecule has 2 atom stereocenters. The predicted octanol–water partition coefficient (Wildman–Crippen LogP) is 1.25. The van der Waals surface area contributed by atoms with Crippen molar-refractivity contribution in [2.45, 2.75) is 36.2 Å². The Balaban J connectivity index is 1.81. The third-order valence-corrected chi connectivity index (χ3v) is 5.90. The molecule has 0 saturated carbocycles. The van der Waals surface area contributed by atoms with Gasteiger partial charge in [0.05, 0.1) is 5.02 Å². The van der Waals surface area contributed by atoms with E-state index in [4.69, 9.17) is 11.6 Å². The second kappa shape index (κ2) is 5.01. The Morgan fingerprint density at radius 2 is 2.21 bits per heavy atom. The highest BCUT2D eigenvalue weighted by molar-refractivity contribution is 7.89. The van der Waals surface area contributed by atoms with Gasteiger partial charge in [-0.3, -0.25) is 9.88 Å². The first-order valence-electron chi connectivity index (χ1n) is 6.44. The predicted molar refractivity (Wildman–Crippen MR) is 72.6 cm³/mol. The molecule has 7 heteroatoms. The molecule has 0 aromatic carbocycles. The maximum atomic E-state index is 12.3. The third-order valence-electron chi connectivity index (χ3n) is 3.94. The fourth-order valence-electron chi connectivity index (χ4n) is 3.04. The molecular formula is C12H16ClN3O2S. The van der Waals surface area contributed by atoms with Crippen LogP contribution in [0.3, 0.4) is 0 Å². The number of nitrogens with one attached hydrogen (secondary N) is 1. The SMILES string of the molecule is O=S(=O)(NC1CCN2CCCC12)c1cnccc1Cl. The van der Waals surface area contributed by atoms with Crippen molar-refractivity contribution in [1.29, 1.82) is 0 Å². The lowest BCUT2D eigenvalue weighted by Gasteiger charge is -2.21. The Kier molecular flexibility index (Phi) is 3.51. The second-order valence-corrected chi connectivity index (χ2v) is 7.16. The molecular weight excluding hydrogens is 286 g/mol. The standard InChI is InChI=1S/C12H16ClN3O2S/c13-9-3-5-14-8-12(9)19(17,18)15-10-4-7-16-6-1-2-11(10)16/h3,5,8,10-11,15H,1-2,4,6-7H2. The van der Waals surface area contributed by atoms with Crippen molar-refractivity contribution in [3.05, 3.63) is 23.5 Å². The number of hydrogen-bond donors (Lipinski definition) is 1. The van der Waals surface area contributed by atoms with E-state index in [0.717, 1.165) is 32.4 Å². The zero-order valence-corrected chi connectivity index (χ0v) is 12.0. The molecule has 19 heavy (non-hydrogen) atoms. The molecule has 3 rings (SSSR count). The van der Waals surface area contributed by atoms with Crippen molar-refractivity contribution in [3.8, 4) is 0 Å². The lowest BCUT2D eigenvalue weighted by molar-refractivity contribution is 0.309. The summed E-state index contributed by atoms with van der Waals surface area (Å²) in [6, 6.07) is 1.82. The smallest absolute Gasteiger partial charge is 0.243 e. The number of nitrogens with zero attached hydrogens (tertiary/aromatic N) is 2. The molecule has 2 saturated heterocycles.